The summed E-state index contributed by atoms with van der Waals surface area (Å²) in [7, 11) is 2.12. The highest BCUT2D eigenvalue weighted by molar-refractivity contribution is 5.97. The first kappa shape index (κ1) is 12.4. The zero-order valence-electron chi connectivity index (χ0n) is 11.1. The normalized spacial score (nSPS) is 20.8. The van der Waals surface area contributed by atoms with E-state index in [1.165, 1.54) is 0 Å². The molecule has 1 saturated heterocycles. The van der Waals surface area contributed by atoms with Crippen molar-refractivity contribution in [3.8, 4) is 0 Å². The second-order valence-electron chi connectivity index (χ2n) is 5.12. The molecule has 4 heteroatoms. The first-order chi connectivity index (χ1) is 9.28. The minimum atomic E-state index is 0.217. The Labute approximate surface area is 112 Å². The number of rotatable bonds is 3. The number of nitrogens with zero attached hydrogens (tertiary/aromatic N) is 2. The van der Waals surface area contributed by atoms with Gasteiger partial charge in [-0.1, -0.05) is 12.1 Å². The van der Waals surface area contributed by atoms with Gasteiger partial charge in [-0.2, -0.15) is 0 Å². The maximum absolute atomic E-state index is 11.0. The van der Waals surface area contributed by atoms with Crippen molar-refractivity contribution in [1.82, 2.24) is 9.47 Å². The van der Waals surface area contributed by atoms with Crippen LogP contribution in [0.2, 0.25) is 0 Å². The zero-order valence-corrected chi connectivity index (χ0v) is 11.1. The van der Waals surface area contributed by atoms with Crippen LogP contribution in [0.5, 0.6) is 0 Å². The van der Waals surface area contributed by atoms with Gasteiger partial charge < -0.3 is 14.2 Å². The summed E-state index contributed by atoms with van der Waals surface area (Å²) < 4.78 is 7.97. The molecule has 0 spiro atoms. The Bertz CT molecular complexity index is 591. The van der Waals surface area contributed by atoms with E-state index in [0.717, 1.165) is 49.0 Å². The van der Waals surface area contributed by atoms with E-state index < -0.39 is 0 Å². The standard InChI is InChI=1S/C15H18N2O2/c1-16-7-8-19-13(9-16)10-17-6-5-14-12(11-18)3-2-4-15(14)17/h2-6,11,13H,7-10H2,1H3. The number of aldehydes is 1. The monoisotopic (exact) mass is 258 g/mol. The van der Waals surface area contributed by atoms with Crippen molar-refractivity contribution in [3.05, 3.63) is 36.0 Å². The molecule has 1 aliphatic rings. The largest absolute Gasteiger partial charge is 0.374 e. The number of hydrogen-bond donors (Lipinski definition) is 0. The lowest BCUT2D eigenvalue weighted by Crippen LogP contribution is -2.41. The number of carbonyl (C=O) groups is 1. The molecule has 0 N–H and O–H groups in total. The minimum Gasteiger partial charge on any atom is -0.374 e. The molecule has 1 fully saturated rings. The van der Waals surface area contributed by atoms with Crippen molar-refractivity contribution in [3.63, 3.8) is 0 Å². The Kier molecular flexibility index (Phi) is 3.36. The molecule has 2 heterocycles. The van der Waals surface area contributed by atoms with E-state index >= 15 is 0 Å². The number of ether oxygens (including phenoxy) is 1. The molecule has 3 rings (SSSR count). The quantitative estimate of drug-likeness (QED) is 0.787. The molecule has 1 aliphatic heterocycles. The number of fused-ring (bicyclic) bond motifs is 1. The van der Waals surface area contributed by atoms with Crippen LogP contribution in [0.15, 0.2) is 30.5 Å². The van der Waals surface area contributed by atoms with Crippen LogP contribution < -0.4 is 0 Å². The molecule has 0 saturated carbocycles. The third kappa shape index (κ3) is 2.41. The Balaban J connectivity index is 1.87. The highest BCUT2D eigenvalue weighted by Crippen LogP contribution is 2.20. The predicted octanol–water partition coefficient (Wildman–Crippen LogP) is 1.78. The molecule has 0 bridgehead atoms. The fourth-order valence-corrected chi connectivity index (χ4v) is 2.71. The van der Waals surface area contributed by atoms with E-state index in [-0.39, 0.29) is 6.10 Å². The lowest BCUT2D eigenvalue weighted by Gasteiger charge is -2.30. The molecule has 1 atom stereocenters. The van der Waals surface area contributed by atoms with Crippen molar-refractivity contribution in [2.24, 2.45) is 0 Å². The Hall–Kier alpha value is -1.65. The molecule has 1 unspecified atom stereocenters. The summed E-state index contributed by atoms with van der Waals surface area (Å²) in [6.45, 7) is 3.57. The Morgan fingerprint density at radius 1 is 1.42 bits per heavy atom. The molecule has 19 heavy (non-hydrogen) atoms. The summed E-state index contributed by atoms with van der Waals surface area (Å²) in [6.07, 6.45) is 3.17. The van der Waals surface area contributed by atoms with Crippen LogP contribution in [0.1, 0.15) is 10.4 Å². The van der Waals surface area contributed by atoms with Gasteiger partial charge in [0.05, 0.1) is 19.3 Å². The second-order valence-corrected chi connectivity index (χ2v) is 5.12. The molecule has 1 aromatic carbocycles. The maximum atomic E-state index is 11.0. The summed E-state index contributed by atoms with van der Waals surface area (Å²) in [5.41, 5.74) is 1.85. The average molecular weight is 258 g/mol. The number of carbonyl (C=O) groups excluding carboxylic acids is 1. The van der Waals surface area contributed by atoms with Crippen molar-refractivity contribution in [2.75, 3.05) is 26.7 Å². The third-order valence-corrected chi connectivity index (χ3v) is 3.72. The van der Waals surface area contributed by atoms with Crippen LogP contribution in [-0.2, 0) is 11.3 Å². The summed E-state index contributed by atoms with van der Waals surface area (Å²) >= 11 is 0. The van der Waals surface area contributed by atoms with Gasteiger partial charge in [0.1, 0.15) is 0 Å². The van der Waals surface area contributed by atoms with Crippen molar-refractivity contribution in [1.29, 1.82) is 0 Å². The van der Waals surface area contributed by atoms with Gasteiger partial charge in [0, 0.05) is 35.8 Å². The molecule has 2 aromatic rings. The van der Waals surface area contributed by atoms with Gasteiger partial charge in [-0.25, -0.2) is 0 Å². The minimum absolute atomic E-state index is 0.217. The number of benzene rings is 1. The number of aromatic nitrogens is 1. The van der Waals surface area contributed by atoms with Crippen LogP contribution >= 0.6 is 0 Å². The fraction of sp³-hybridized carbons (Fsp3) is 0.400. The summed E-state index contributed by atoms with van der Waals surface area (Å²) in [6, 6.07) is 7.83. The van der Waals surface area contributed by atoms with Crippen molar-refractivity contribution >= 4 is 17.2 Å². The van der Waals surface area contributed by atoms with E-state index in [1.54, 1.807) is 0 Å². The Morgan fingerprint density at radius 2 is 2.32 bits per heavy atom. The van der Waals surface area contributed by atoms with Gasteiger partial charge in [0.2, 0.25) is 0 Å². The van der Waals surface area contributed by atoms with E-state index in [4.69, 9.17) is 4.74 Å². The van der Waals surface area contributed by atoms with Crippen LogP contribution in [-0.4, -0.2) is 48.6 Å². The molecular weight excluding hydrogens is 240 g/mol. The first-order valence-corrected chi connectivity index (χ1v) is 6.61. The van der Waals surface area contributed by atoms with Crippen LogP contribution in [0.25, 0.3) is 10.9 Å². The molecular formula is C15H18N2O2. The van der Waals surface area contributed by atoms with Crippen molar-refractivity contribution < 1.29 is 9.53 Å². The third-order valence-electron chi connectivity index (χ3n) is 3.72. The fourth-order valence-electron chi connectivity index (χ4n) is 2.71. The molecule has 0 aliphatic carbocycles. The highest BCUT2D eigenvalue weighted by atomic mass is 16.5. The lowest BCUT2D eigenvalue weighted by molar-refractivity contribution is -0.0269. The van der Waals surface area contributed by atoms with E-state index in [9.17, 15) is 4.79 Å². The lowest BCUT2D eigenvalue weighted by atomic mass is 10.1. The maximum Gasteiger partial charge on any atom is 0.150 e. The predicted molar refractivity (Wildman–Crippen MR) is 74.6 cm³/mol. The van der Waals surface area contributed by atoms with Gasteiger partial charge in [-0.15, -0.1) is 0 Å². The van der Waals surface area contributed by atoms with Crippen LogP contribution in [0.3, 0.4) is 0 Å². The van der Waals surface area contributed by atoms with Gasteiger partial charge >= 0.3 is 0 Å². The molecule has 100 valence electrons. The molecule has 1 aromatic heterocycles. The van der Waals surface area contributed by atoms with E-state index in [0.29, 0.717) is 0 Å². The highest BCUT2D eigenvalue weighted by Gasteiger charge is 2.18. The SMILES string of the molecule is CN1CCOC(Cn2ccc3c(C=O)cccc32)C1. The topological polar surface area (TPSA) is 34.5 Å². The number of likely N-dealkylation sites (N-methyl/N-ethyl adjacent to an activating group) is 1. The molecule has 4 nitrogen and oxygen atoms in total. The zero-order chi connectivity index (χ0) is 13.2. The summed E-state index contributed by atoms with van der Waals surface area (Å²) in [5, 5.41) is 1.02. The number of hydrogen-bond acceptors (Lipinski definition) is 3. The molecule has 0 amide bonds. The summed E-state index contributed by atoms with van der Waals surface area (Å²) in [5.74, 6) is 0. The average Bonchev–Trinajstić information content (AvgIpc) is 2.82. The van der Waals surface area contributed by atoms with Crippen LogP contribution in [0, 0.1) is 0 Å². The smallest absolute Gasteiger partial charge is 0.150 e. The van der Waals surface area contributed by atoms with Gasteiger partial charge in [0.15, 0.2) is 6.29 Å². The van der Waals surface area contributed by atoms with E-state index in [1.807, 2.05) is 24.4 Å². The summed E-state index contributed by atoms with van der Waals surface area (Å²) in [4.78, 5) is 13.3. The van der Waals surface area contributed by atoms with Gasteiger partial charge in [-0.3, -0.25) is 4.79 Å². The Morgan fingerprint density at radius 3 is 3.11 bits per heavy atom. The second kappa shape index (κ2) is 5.15. The van der Waals surface area contributed by atoms with Gasteiger partial charge in [-0.05, 0) is 19.2 Å². The van der Waals surface area contributed by atoms with Crippen LogP contribution in [0.4, 0.5) is 0 Å². The molecule has 0 radical (unpaired) electrons. The van der Waals surface area contributed by atoms with Crippen molar-refractivity contribution in [2.45, 2.75) is 12.6 Å². The first-order valence-electron chi connectivity index (χ1n) is 6.61. The number of morpholine rings is 1. The van der Waals surface area contributed by atoms with Gasteiger partial charge in [0.25, 0.3) is 0 Å². The van der Waals surface area contributed by atoms with E-state index in [2.05, 4.69) is 22.6 Å².